The Balaban J connectivity index is 3.21. The third kappa shape index (κ3) is 3.34. The third-order valence-electron chi connectivity index (χ3n) is 2.90. The summed E-state index contributed by atoms with van der Waals surface area (Å²) in [6.07, 6.45) is 4.17. The van der Waals surface area contributed by atoms with E-state index < -0.39 is 0 Å². The van der Waals surface area contributed by atoms with Crippen LogP contribution >= 0.6 is 0 Å². The van der Waals surface area contributed by atoms with Gasteiger partial charge in [0.05, 0.1) is 5.69 Å². The first-order valence-electron chi connectivity index (χ1n) is 6.28. The topological polar surface area (TPSA) is 29.3 Å². The Kier molecular flexibility index (Phi) is 4.76. The number of hydrogen-bond acceptors (Lipinski definition) is 2. The van der Waals surface area contributed by atoms with Crippen molar-refractivity contribution in [3.8, 4) is 0 Å². The summed E-state index contributed by atoms with van der Waals surface area (Å²) in [7, 11) is 0. The predicted molar refractivity (Wildman–Crippen MR) is 77.0 cm³/mol. The third-order valence-corrected chi connectivity index (χ3v) is 2.90. The van der Waals surface area contributed by atoms with Crippen LogP contribution in [0.15, 0.2) is 24.3 Å². The summed E-state index contributed by atoms with van der Waals surface area (Å²) < 4.78 is 0. The van der Waals surface area contributed by atoms with E-state index in [0.29, 0.717) is 12.0 Å². The molecule has 1 aromatic rings. The molecule has 0 atom stereocenters. The first kappa shape index (κ1) is 13.8. The zero-order chi connectivity index (χ0) is 13.0. The first-order valence-corrected chi connectivity index (χ1v) is 6.28. The highest BCUT2D eigenvalue weighted by atomic mass is 15.4. The Labute approximate surface area is 105 Å². The molecule has 0 fully saturated rings. The van der Waals surface area contributed by atoms with Crippen LogP contribution in [0.3, 0.4) is 0 Å². The summed E-state index contributed by atoms with van der Waals surface area (Å²) in [5.74, 6) is 6.63. The maximum absolute atomic E-state index is 6.09. The SMILES string of the molecule is C/C=C\c1cc(C(C)C)ccc1N(N)C(C)C. The van der Waals surface area contributed by atoms with E-state index in [1.165, 1.54) is 11.1 Å². The van der Waals surface area contributed by atoms with Crippen molar-refractivity contribution in [2.24, 2.45) is 5.84 Å². The van der Waals surface area contributed by atoms with Crippen LogP contribution in [0.1, 0.15) is 51.7 Å². The van der Waals surface area contributed by atoms with Gasteiger partial charge in [-0.25, -0.2) is 5.84 Å². The summed E-state index contributed by atoms with van der Waals surface area (Å²) in [6, 6.07) is 6.80. The lowest BCUT2D eigenvalue weighted by Crippen LogP contribution is -2.37. The average Bonchev–Trinajstić information content (AvgIpc) is 2.28. The van der Waals surface area contributed by atoms with Crippen molar-refractivity contribution in [1.29, 1.82) is 0 Å². The molecule has 0 unspecified atom stereocenters. The van der Waals surface area contributed by atoms with Crippen molar-refractivity contribution in [2.75, 3.05) is 5.01 Å². The fourth-order valence-electron chi connectivity index (χ4n) is 1.76. The normalized spacial score (nSPS) is 11.8. The highest BCUT2D eigenvalue weighted by Crippen LogP contribution is 2.26. The molecule has 17 heavy (non-hydrogen) atoms. The Morgan fingerprint density at radius 3 is 2.29 bits per heavy atom. The smallest absolute Gasteiger partial charge is 0.0592 e. The van der Waals surface area contributed by atoms with E-state index in [2.05, 4.69) is 58.0 Å². The highest BCUT2D eigenvalue weighted by molar-refractivity contribution is 5.68. The molecule has 1 aromatic carbocycles. The van der Waals surface area contributed by atoms with Crippen LogP contribution in [0.5, 0.6) is 0 Å². The van der Waals surface area contributed by atoms with Crippen LogP contribution in [-0.2, 0) is 0 Å². The number of nitrogens with two attached hydrogens (primary N) is 1. The van der Waals surface area contributed by atoms with Crippen LogP contribution in [0.25, 0.3) is 6.08 Å². The number of hydrazine groups is 1. The number of benzene rings is 1. The number of anilines is 1. The summed E-state index contributed by atoms with van der Waals surface area (Å²) >= 11 is 0. The fraction of sp³-hybridized carbons (Fsp3) is 0.467. The summed E-state index contributed by atoms with van der Waals surface area (Å²) in [6.45, 7) is 10.6. The quantitative estimate of drug-likeness (QED) is 0.629. The van der Waals surface area contributed by atoms with Gasteiger partial charge in [-0.15, -0.1) is 0 Å². The second kappa shape index (κ2) is 5.87. The van der Waals surface area contributed by atoms with Crippen LogP contribution in [-0.4, -0.2) is 6.04 Å². The molecule has 1 rings (SSSR count). The number of rotatable bonds is 4. The Morgan fingerprint density at radius 1 is 1.18 bits per heavy atom. The molecule has 0 bridgehead atoms. The Hall–Kier alpha value is -1.28. The zero-order valence-corrected chi connectivity index (χ0v) is 11.6. The average molecular weight is 232 g/mol. The largest absolute Gasteiger partial charge is 0.308 e. The molecule has 0 radical (unpaired) electrons. The molecule has 2 heteroatoms. The van der Waals surface area contributed by atoms with Gasteiger partial charge in [0.1, 0.15) is 0 Å². The lowest BCUT2D eigenvalue weighted by molar-refractivity contribution is 0.710. The maximum Gasteiger partial charge on any atom is 0.0592 e. The van der Waals surface area contributed by atoms with Gasteiger partial charge in [0.25, 0.3) is 0 Å². The van der Waals surface area contributed by atoms with Crippen molar-refractivity contribution in [1.82, 2.24) is 0 Å². The fourth-order valence-corrected chi connectivity index (χ4v) is 1.76. The molecule has 0 saturated carbocycles. The monoisotopic (exact) mass is 232 g/mol. The summed E-state index contributed by atoms with van der Waals surface area (Å²) in [5.41, 5.74) is 3.62. The molecule has 2 nitrogen and oxygen atoms in total. The van der Waals surface area contributed by atoms with Crippen molar-refractivity contribution >= 4 is 11.8 Å². The number of allylic oxidation sites excluding steroid dienone is 1. The molecule has 0 heterocycles. The predicted octanol–water partition coefficient (Wildman–Crippen LogP) is 3.93. The van der Waals surface area contributed by atoms with Gasteiger partial charge in [0, 0.05) is 6.04 Å². The van der Waals surface area contributed by atoms with Crippen LogP contribution < -0.4 is 10.9 Å². The van der Waals surface area contributed by atoms with Crippen LogP contribution in [0, 0.1) is 0 Å². The summed E-state index contributed by atoms with van der Waals surface area (Å²) in [5, 5.41) is 1.82. The zero-order valence-electron chi connectivity index (χ0n) is 11.6. The molecular weight excluding hydrogens is 208 g/mol. The molecular formula is C15H24N2. The van der Waals surface area contributed by atoms with Gasteiger partial charge in [0.15, 0.2) is 0 Å². The second-order valence-corrected chi connectivity index (χ2v) is 4.97. The molecule has 0 aromatic heterocycles. The molecule has 0 aliphatic heterocycles. The second-order valence-electron chi connectivity index (χ2n) is 4.97. The maximum atomic E-state index is 6.09. The van der Waals surface area contributed by atoms with Crippen LogP contribution in [0.2, 0.25) is 0 Å². The van der Waals surface area contributed by atoms with Crippen molar-refractivity contribution < 1.29 is 0 Å². The molecule has 0 aliphatic rings. The minimum Gasteiger partial charge on any atom is -0.308 e. The Morgan fingerprint density at radius 2 is 1.82 bits per heavy atom. The van der Waals surface area contributed by atoms with E-state index in [1.54, 1.807) is 0 Å². The summed E-state index contributed by atoms with van der Waals surface area (Å²) in [4.78, 5) is 0. The van der Waals surface area contributed by atoms with E-state index in [9.17, 15) is 0 Å². The standard InChI is InChI=1S/C15H24N2/c1-6-7-14-10-13(11(2)3)8-9-15(14)17(16)12(4)5/h6-12H,16H2,1-5H3/b7-6-. The van der Waals surface area contributed by atoms with Gasteiger partial charge in [-0.1, -0.05) is 32.1 Å². The van der Waals surface area contributed by atoms with E-state index in [4.69, 9.17) is 5.84 Å². The van der Waals surface area contributed by atoms with E-state index in [0.717, 1.165) is 5.69 Å². The Bertz CT molecular complexity index is 392. The molecule has 0 spiro atoms. The van der Waals surface area contributed by atoms with Crippen molar-refractivity contribution in [3.63, 3.8) is 0 Å². The molecule has 0 saturated heterocycles. The van der Waals surface area contributed by atoms with Gasteiger partial charge >= 0.3 is 0 Å². The molecule has 2 N–H and O–H groups in total. The molecule has 0 amide bonds. The number of hydrogen-bond donors (Lipinski definition) is 1. The van der Waals surface area contributed by atoms with E-state index in [-0.39, 0.29) is 0 Å². The van der Waals surface area contributed by atoms with Crippen molar-refractivity contribution in [3.05, 3.63) is 35.4 Å². The van der Waals surface area contributed by atoms with Gasteiger partial charge in [-0.3, -0.25) is 0 Å². The van der Waals surface area contributed by atoms with Gasteiger partial charge in [-0.05, 0) is 49.9 Å². The van der Waals surface area contributed by atoms with Crippen molar-refractivity contribution in [2.45, 2.75) is 46.6 Å². The van der Waals surface area contributed by atoms with Gasteiger partial charge in [-0.2, -0.15) is 0 Å². The van der Waals surface area contributed by atoms with E-state index in [1.807, 2.05) is 11.9 Å². The molecule has 0 aliphatic carbocycles. The lowest BCUT2D eigenvalue weighted by Gasteiger charge is -2.25. The number of nitrogens with zero attached hydrogens (tertiary/aromatic N) is 1. The van der Waals surface area contributed by atoms with Crippen LogP contribution in [0.4, 0.5) is 5.69 Å². The van der Waals surface area contributed by atoms with Gasteiger partial charge < -0.3 is 5.01 Å². The minimum absolute atomic E-state index is 0.295. The molecule has 94 valence electrons. The minimum atomic E-state index is 0.295. The van der Waals surface area contributed by atoms with Gasteiger partial charge in [0.2, 0.25) is 0 Å². The lowest BCUT2D eigenvalue weighted by atomic mass is 9.99. The highest BCUT2D eigenvalue weighted by Gasteiger charge is 2.11. The first-order chi connectivity index (χ1) is 7.97. The van der Waals surface area contributed by atoms with E-state index >= 15 is 0 Å².